The first-order valence-corrected chi connectivity index (χ1v) is 10.6. The van der Waals surface area contributed by atoms with Gasteiger partial charge in [0.05, 0.1) is 28.7 Å². The number of sulfonamides is 1. The molecule has 136 valence electrons. The zero-order valence-electron chi connectivity index (χ0n) is 14.4. The molecule has 1 N–H and O–H groups in total. The zero-order valence-corrected chi connectivity index (χ0v) is 16.0. The van der Waals surface area contributed by atoms with E-state index < -0.39 is 10.0 Å². The van der Waals surface area contributed by atoms with Crippen LogP contribution in [0.2, 0.25) is 0 Å². The first-order valence-electron chi connectivity index (χ1n) is 8.26. The highest BCUT2D eigenvalue weighted by Crippen LogP contribution is 2.18. The van der Waals surface area contributed by atoms with Gasteiger partial charge >= 0.3 is 0 Å². The molecular formula is C19H20N2O3S2. The molecule has 0 spiro atoms. The summed E-state index contributed by atoms with van der Waals surface area (Å²) < 4.78 is 32.7. The lowest BCUT2D eigenvalue weighted by Crippen LogP contribution is -2.23. The van der Waals surface area contributed by atoms with E-state index in [1.54, 1.807) is 12.1 Å². The minimum absolute atomic E-state index is 0.167. The molecule has 3 aromatic rings. The van der Waals surface area contributed by atoms with Crippen LogP contribution < -0.4 is 9.46 Å². The van der Waals surface area contributed by atoms with Crippen molar-refractivity contribution >= 4 is 21.4 Å². The van der Waals surface area contributed by atoms with Gasteiger partial charge in [0.2, 0.25) is 10.0 Å². The summed E-state index contributed by atoms with van der Waals surface area (Å²) in [5.41, 5.74) is 1.90. The Balaban J connectivity index is 1.61. The van der Waals surface area contributed by atoms with Crippen LogP contribution in [0.3, 0.4) is 0 Å². The van der Waals surface area contributed by atoms with Crippen LogP contribution in [0, 0.1) is 0 Å². The summed E-state index contributed by atoms with van der Waals surface area (Å²) in [4.78, 5) is 4.72. The fourth-order valence-electron chi connectivity index (χ4n) is 2.42. The Kier molecular flexibility index (Phi) is 6.03. The molecule has 3 rings (SSSR count). The van der Waals surface area contributed by atoms with Gasteiger partial charge in [0.25, 0.3) is 0 Å². The number of ether oxygens (including phenoxy) is 1. The standard InChI is InChI=1S/C19H20N2O3S2/c1-2-24-17-8-10-18(11-9-17)26(22,23)20-13-16-14-25-19(21-16)12-15-6-4-3-5-7-15/h3-11,14,20H,2,12-13H2,1H3. The van der Waals surface area contributed by atoms with Gasteiger partial charge in [0.1, 0.15) is 5.75 Å². The highest BCUT2D eigenvalue weighted by Gasteiger charge is 2.14. The van der Waals surface area contributed by atoms with Crippen molar-refractivity contribution in [1.82, 2.24) is 9.71 Å². The van der Waals surface area contributed by atoms with Gasteiger partial charge in [-0.15, -0.1) is 11.3 Å². The lowest BCUT2D eigenvalue weighted by Gasteiger charge is -2.07. The van der Waals surface area contributed by atoms with E-state index >= 15 is 0 Å². The molecule has 2 aromatic carbocycles. The summed E-state index contributed by atoms with van der Waals surface area (Å²) in [6, 6.07) is 16.4. The monoisotopic (exact) mass is 388 g/mol. The fourth-order valence-corrected chi connectivity index (χ4v) is 4.24. The Bertz CT molecular complexity index is 936. The molecule has 0 saturated heterocycles. The van der Waals surface area contributed by atoms with E-state index in [0.29, 0.717) is 12.4 Å². The largest absolute Gasteiger partial charge is 0.494 e. The van der Waals surface area contributed by atoms with Crippen LogP contribution in [-0.4, -0.2) is 20.0 Å². The Labute approximate surface area is 157 Å². The highest BCUT2D eigenvalue weighted by molar-refractivity contribution is 7.89. The molecule has 0 aliphatic carbocycles. The fraction of sp³-hybridized carbons (Fsp3) is 0.211. The molecule has 26 heavy (non-hydrogen) atoms. The van der Waals surface area contributed by atoms with E-state index in [1.807, 2.05) is 30.5 Å². The number of hydrogen-bond donors (Lipinski definition) is 1. The van der Waals surface area contributed by atoms with Crippen molar-refractivity contribution in [1.29, 1.82) is 0 Å². The Morgan fingerprint density at radius 1 is 1.08 bits per heavy atom. The second-order valence-electron chi connectivity index (χ2n) is 5.62. The number of nitrogens with zero attached hydrogens (tertiary/aromatic N) is 1. The van der Waals surface area contributed by atoms with Crippen LogP contribution in [0.15, 0.2) is 64.9 Å². The summed E-state index contributed by atoms with van der Waals surface area (Å²) in [5.74, 6) is 0.650. The van der Waals surface area contributed by atoms with Crippen molar-refractivity contribution in [2.45, 2.75) is 24.8 Å². The van der Waals surface area contributed by atoms with Gasteiger partial charge in [-0.05, 0) is 36.8 Å². The van der Waals surface area contributed by atoms with Gasteiger partial charge in [-0.3, -0.25) is 0 Å². The normalized spacial score (nSPS) is 11.4. The Morgan fingerprint density at radius 2 is 1.81 bits per heavy atom. The minimum atomic E-state index is -3.58. The number of benzene rings is 2. The van der Waals surface area contributed by atoms with Crippen molar-refractivity contribution in [3.8, 4) is 5.75 Å². The maximum atomic E-state index is 12.4. The molecule has 0 aliphatic heterocycles. The van der Waals surface area contributed by atoms with Crippen LogP contribution in [0.4, 0.5) is 0 Å². The summed E-state index contributed by atoms with van der Waals surface area (Å²) in [7, 11) is -3.58. The zero-order chi connectivity index (χ0) is 18.4. The quantitative estimate of drug-likeness (QED) is 0.640. The van der Waals surface area contributed by atoms with Crippen molar-refractivity contribution < 1.29 is 13.2 Å². The highest BCUT2D eigenvalue weighted by atomic mass is 32.2. The van der Waals surface area contributed by atoms with Crippen molar-refractivity contribution in [3.05, 3.63) is 76.2 Å². The molecule has 0 bridgehead atoms. The third kappa shape index (κ3) is 4.91. The summed E-state index contributed by atoms with van der Waals surface area (Å²) in [5, 5.41) is 2.85. The number of nitrogens with one attached hydrogen (secondary N) is 1. The second-order valence-corrected chi connectivity index (χ2v) is 8.33. The van der Waals surface area contributed by atoms with Crippen LogP contribution in [0.25, 0.3) is 0 Å². The molecular weight excluding hydrogens is 368 g/mol. The average molecular weight is 389 g/mol. The molecule has 1 aromatic heterocycles. The Hall–Kier alpha value is -2.22. The lowest BCUT2D eigenvalue weighted by molar-refractivity contribution is 0.340. The summed E-state index contributed by atoms with van der Waals surface area (Å²) in [6.45, 7) is 2.59. The van der Waals surface area contributed by atoms with E-state index in [4.69, 9.17) is 4.74 Å². The number of hydrogen-bond acceptors (Lipinski definition) is 5. The van der Waals surface area contributed by atoms with Gasteiger partial charge < -0.3 is 4.74 Å². The third-order valence-electron chi connectivity index (χ3n) is 3.69. The van der Waals surface area contributed by atoms with Gasteiger partial charge in [0.15, 0.2) is 0 Å². The molecule has 5 nitrogen and oxygen atoms in total. The first-order chi connectivity index (χ1) is 12.6. The lowest BCUT2D eigenvalue weighted by atomic mass is 10.2. The van der Waals surface area contributed by atoms with Crippen LogP contribution in [-0.2, 0) is 23.0 Å². The molecule has 0 unspecified atom stereocenters. The van der Waals surface area contributed by atoms with Gasteiger partial charge in [0, 0.05) is 11.8 Å². The summed E-state index contributed by atoms with van der Waals surface area (Å²) in [6.07, 6.45) is 0.747. The smallest absolute Gasteiger partial charge is 0.240 e. The molecule has 0 aliphatic rings. The van der Waals surface area contributed by atoms with E-state index in [9.17, 15) is 8.42 Å². The number of aromatic nitrogens is 1. The molecule has 0 atom stereocenters. The first kappa shape index (κ1) is 18.6. The van der Waals surface area contributed by atoms with E-state index in [-0.39, 0.29) is 11.4 Å². The van der Waals surface area contributed by atoms with Crippen molar-refractivity contribution in [3.63, 3.8) is 0 Å². The minimum Gasteiger partial charge on any atom is -0.494 e. The van der Waals surface area contributed by atoms with Gasteiger partial charge in [-0.2, -0.15) is 0 Å². The third-order valence-corrected chi connectivity index (χ3v) is 6.00. The van der Waals surface area contributed by atoms with Crippen LogP contribution >= 0.6 is 11.3 Å². The molecule has 0 amide bonds. The van der Waals surface area contributed by atoms with E-state index in [0.717, 1.165) is 17.1 Å². The average Bonchev–Trinajstić information content (AvgIpc) is 3.09. The van der Waals surface area contributed by atoms with E-state index in [1.165, 1.54) is 29.0 Å². The molecule has 1 heterocycles. The molecule has 0 saturated carbocycles. The Morgan fingerprint density at radius 3 is 2.50 bits per heavy atom. The molecule has 0 radical (unpaired) electrons. The predicted molar refractivity (Wildman–Crippen MR) is 103 cm³/mol. The maximum Gasteiger partial charge on any atom is 0.240 e. The predicted octanol–water partition coefficient (Wildman–Crippen LogP) is 3.61. The number of thiazole rings is 1. The van der Waals surface area contributed by atoms with Gasteiger partial charge in [-0.25, -0.2) is 18.1 Å². The molecule has 0 fully saturated rings. The topological polar surface area (TPSA) is 68.3 Å². The van der Waals surface area contributed by atoms with Crippen LogP contribution in [0.5, 0.6) is 5.75 Å². The van der Waals surface area contributed by atoms with E-state index in [2.05, 4.69) is 21.8 Å². The van der Waals surface area contributed by atoms with Crippen molar-refractivity contribution in [2.24, 2.45) is 0 Å². The summed E-state index contributed by atoms with van der Waals surface area (Å²) >= 11 is 1.54. The van der Waals surface area contributed by atoms with Gasteiger partial charge in [-0.1, -0.05) is 30.3 Å². The maximum absolute atomic E-state index is 12.4. The van der Waals surface area contributed by atoms with Crippen molar-refractivity contribution in [2.75, 3.05) is 6.61 Å². The van der Waals surface area contributed by atoms with Crippen LogP contribution in [0.1, 0.15) is 23.2 Å². The second kappa shape index (κ2) is 8.44. The molecule has 7 heteroatoms. The number of rotatable bonds is 8. The SMILES string of the molecule is CCOc1ccc(S(=O)(=O)NCc2csc(Cc3ccccc3)n2)cc1.